The van der Waals surface area contributed by atoms with Crippen LogP contribution in [0.15, 0.2) is 47.4 Å². The van der Waals surface area contributed by atoms with Crippen molar-refractivity contribution in [3.05, 3.63) is 58.5 Å². The molecule has 32 heavy (non-hydrogen) atoms. The van der Waals surface area contributed by atoms with Crippen molar-refractivity contribution in [1.29, 1.82) is 0 Å². The number of methoxy groups -OCH3 is 1. The van der Waals surface area contributed by atoms with Crippen molar-refractivity contribution in [3.63, 3.8) is 0 Å². The maximum atomic E-state index is 12.2. The Balaban J connectivity index is 1.50. The number of thiocarbonyl (C=S) groups is 1. The molecular weight excluding hydrogens is 442 g/mol. The monoisotopic (exact) mass is 471 g/mol. The molecule has 0 radical (unpaired) electrons. The number of carbonyl (C=O) groups is 1. The van der Waals surface area contributed by atoms with E-state index in [0.29, 0.717) is 39.9 Å². The van der Waals surface area contributed by atoms with E-state index in [2.05, 4.69) is 26.0 Å². The topological polar surface area (TPSA) is 48.0 Å². The third-order valence-electron chi connectivity index (χ3n) is 5.35. The van der Waals surface area contributed by atoms with Gasteiger partial charge in [-0.05, 0) is 53.8 Å². The number of hydrogen-bond donors (Lipinski definition) is 0. The zero-order chi connectivity index (χ0) is 23.1. The Bertz CT molecular complexity index is 988. The largest absolute Gasteiger partial charge is 0.493 e. The number of benzene rings is 2. The van der Waals surface area contributed by atoms with Crippen LogP contribution >= 0.6 is 24.0 Å². The SMILES string of the molecule is CC[C@H](C)c1ccc(OCCCOc2ccc(/C=C3/SC(=S)N(C)C3=O)cc2OC)cc1. The lowest BCUT2D eigenvalue weighted by Gasteiger charge is -2.13. The smallest absolute Gasteiger partial charge is 0.265 e. The molecule has 5 nitrogen and oxygen atoms in total. The van der Waals surface area contributed by atoms with Crippen molar-refractivity contribution in [3.8, 4) is 17.2 Å². The fraction of sp³-hybridized carbons (Fsp3) is 0.360. The van der Waals surface area contributed by atoms with E-state index in [-0.39, 0.29) is 5.91 Å². The van der Waals surface area contributed by atoms with Gasteiger partial charge in [0.1, 0.15) is 10.1 Å². The van der Waals surface area contributed by atoms with Gasteiger partial charge in [0.05, 0.1) is 25.2 Å². The summed E-state index contributed by atoms with van der Waals surface area (Å²) in [6, 6.07) is 13.9. The lowest BCUT2D eigenvalue weighted by atomic mass is 9.99. The van der Waals surface area contributed by atoms with Gasteiger partial charge in [0.2, 0.25) is 0 Å². The zero-order valence-electron chi connectivity index (χ0n) is 18.9. The second-order valence-electron chi connectivity index (χ2n) is 7.58. The van der Waals surface area contributed by atoms with Gasteiger partial charge in [0, 0.05) is 13.5 Å². The quantitative estimate of drug-likeness (QED) is 0.245. The van der Waals surface area contributed by atoms with E-state index in [4.69, 9.17) is 26.4 Å². The zero-order valence-corrected chi connectivity index (χ0v) is 20.6. The summed E-state index contributed by atoms with van der Waals surface area (Å²) < 4.78 is 17.7. The van der Waals surface area contributed by atoms with Crippen LogP contribution in [0.25, 0.3) is 6.08 Å². The molecule has 0 N–H and O–H groups in total. The van der Waals surface area contributed by atoms with Crippen LogP contribution in [0.1, 0.15) is 43.7 Å². The highest BCUT2D eigenvalue weighted by molar-refractivity contribution is 8.26. The highest BCUT2D eigenvalue weighted by atomic mass is 32.2. The first-order valence-electron chi connectivity index (χ1n) is 10.7. The molecule has 7 heteroatoms. The van der Waals surface area contributed by atoms with Crippen LogP contribution in [0.5, 0.6) is 17.2 Å². The second-order valence-corrected chi connectivity index (χ2v) is 9.26. The Hall–Kier alpha value is -2.51. The Labute approximate surface area is 199 Å². The maximum Gasteiger partial charge on any atom is 0.265 e. The van der Waals surface area contributed by atoms with Gasteiger partial charge in [0.15, 0.2) is 11.5 Å². The first kappa shape index (κ1) is 24.1. The Morgan fingerprint density at radius 2 is 1.81 bits per heavy atom. The van der Waals surface area contributed by atoms with Gasteiger partial charge in [-0.2, -0.15) is 0 Å². The lowest BCUT2D eigenvalue weighted by Crippen LogP contribution is -2.22. The first-order valence-corrected chi connectivity index (χ1v) is 11.9. The number of ether oxygens (including phenoxy) is 3. The molecule has 1 aliphatic heterocycles. The van der Waals surface area contributed by atoms with E-state index in [1.807, 2.05) is 36.4 Å². The molecule has 1 heterocycles. The summed E-state index contributed by atoms with van der Waals surface area (Å²) in [5.74, 6) is 2.62. The average molecular weight is 472 g/mol. The molecule has 1 amide bonds. The standard InChI is InChI=1S/C25H29NO4S2/c1-5-17(2)19-8-10-20(11-9-19)29-13-6-14-30-21-12-7-18(15-22(21)28-4)16-23-24(27)26(3)25(31)32-23/h7-12,15-17H,5-6,13-14H2,1-4H3/b23-16+/t17-/m0/s1. The van der Waals surface area contributed by atoms with Crippen molar-refractivity contribution in [2.24, 2.45) is 0 Å². The summed E-state index contributed by atoms with van der Waals surface area (Å²) in [6.07, 6.45) is 3.69. The summed E-state index contributed by atoms with van der Waals surface area (Å²) in [5.41, 5.74) is 2.19. The molecule has 2 aromatic rings. The van der Waals surface area contributed by atoms with Gasteiger partial charge >= 0.3 is 0 Å². The number of nitrogens with zero attached hydrogens (tertiary/aromatic N) is 1. The molecule has 1 fully saturated rings. The molecule has 1 saturated heterocycles. The van der Waals surface area contributed by atoms with E-state index in [1.54, 1.807) is 14.2 Å². The molecule has 3 rings (SSSR count). The minimum Gasteiger partial charge on any atom is -0.493 e. The van der Waals surface area contributed by atoms with Crippen LogP contribution in [-0.2, 0) is 4.79 Å². The molecule has 1 atom stereocenters. The van der Waals surface area contributed by atoms with Crippen LogP contribution in [0.2, 0.25) is 0 Å². The average Bonchev–Trinajstić information content (AvgIpc) is 3.05. The number of amides is 1. The molecule has 0 aliphatic carbocycles. The Kier molecular flexibility index (Phi) is 8.59. The van der Waals surface area contributed by atoms with Crippen molar-refractivity contribution in [1.82, 2.24) is 4.90 Å². The molecule has 1 aliphatic rings. The molecule has 0 aromatic heterocycles. The summed E-state index contributed by atoms with van der Waals surface area (Å²) in [5, 5.41) is 0. The molecule has 0 spiro atoms. The van der Waals surface area contributed by atoms with Gasteiger partial charge in [0.25, 0.3) is 5.91 Å². The van der Waals surface area contributed by atoms with Gasteiger partial charge in [-0.25, -0.2) is 0 Å². The number of thioether (sulfide) groups is 1. The van der Waals surface area contributed by atoms with E-state index < -0.39 is 0 Å². The number of rotatable bonds is 10. The molecule has 170 valence electrons. The van der Waals surface area contributed by atoms with Crippen molar-refractivity contribution in [2.75, 3.05) is 27.4 Å². The molecule has 0 saturated carbocycles. The van der Waals surface area contributed by atoms with E-state index in [1.165, 1.54) is 22.2 Å². The summed E-state index contributed by atoms with van der Waals surface area (Å²) in [6.45, 7) is 5.50. The van der Waals surface area contributed by atoms with Crippen LogP contribution in [-0.4, -0.2) is 42.5 Å². The summed E-state index contributed by atoms with van der Waals surface area (Å²) in [7, 11) is 3.28. The highest BCUT2D eigenvalue weighted by Crippen LogP contribution is 2.34. The Morgan fingerprint density at radius 1 is 1.09 bits per heavy atom. The number of carbonyl (C=O) groups excluding carboxylic acids is 1. The van der Waals surface area contributed by atoms with Crippen molar-refractivity contribution < 1.29 is 19.0 Å². The van der Waals surface area contributed by atoms with Crippen molar-refractivity contribution in [2.45, 2.75) is 32.6 Å². The van der Waals surface area contributed by atoms with Gasteiger partial charge in [-0.1, -0.05) is 56.0 Å². The van der Waals surface area contributed by atoms with Gasteiger partial charge in [-0.15, -0.1) is 0 Å². The van der Waals surface area contributed by atoms with Crippen molar-refractivity contribution >= 4 is 40.3 Å². The molecule has 0 unspecified atom stereocenters. The highest BCUT2D eigenvalue weighted by Gasteiger charge is 2.28. The fourth-order valence-electron chi connectivity index (χ4n) is 3.15. The predicted molar refractivity (Wildman–Crippen MR) is 135 cm³/mol. The second kappa shape index (κ2) is 11.4. The van der Waals surface area contributed by atoms with E-state index in [9.17, 15) is 4.79 Å². The van der Waals surface area contributed by atoms with E-state index in [0.717, 1.165) is 24.2 Å². The third kappa shape index (κ3) is 6.04. The van der Waals surface area contributed by atoms with Gasteiger partial charge in [-0.3, -0.25) is 9.69 Å². The summed E-state index contributed by atoms with van der Waals surface area (Å²) >= 11 is 6.47. The normalized spacial score (nSPS) is 15.9. The molecule has 2 aromatic carbocycles. The van der Waals surface area contributed by atoms with Crippen LogP contribution in [0.3, 0.4) is 0 Å². The third-order valence-corrected chi connectivity index (χ3v) is 6.83. The molecular formula is C25H29NO4S2. The fourth-order valence-corrected chi connectivity index (χ4v) is 4.33. The van der Waals surface area contributed by atoms with E-state index >= 15 is 0 Å². The number of hydrogen-bond acceptors (Lipinski definition) is 6. The molecule has 0 bridgehead atoms. The van der Waals surface area contributed by atoms with Crippen LogP contribution in [0.4, 0.5) is 0 Å². The van der Waals surface area contributed by atoms with Gasteiger partial charge < -0.3 is 14.2 Å². The Morgan fingerprint density at radius 3 is 2.44 bits per heavy atom. The van der Waals surface area contributed by atoms with Crippen LogP contribution < -0.4 is 14.2 Å². The maximum absolute atomic E-state index is 12.2. The minimum absolute atomic E-state index is 0.0891. The predicted octanol–water partition coefficient (Wildman–Crippen LogP) is 5.89. The lowest BCUT2D eigenvalue weighted by molar-refractivity contribution is -0.121. The number of likely N-dealkylation sites (N-methyl/N-ethyl adjacent to an activating group) is 1. The minimum atomic E-state index is -0.0891. The van der Waals surface area contributed by atoms with Crippen LogP contribution in [0, 0.1) is 0 Å². The summed E-state index contributed by atoms with van der Waals surface area (Å²) in [4.78, 5) is 14.3. The first-order chi connectivity index (χ1) is 15.4.